The maximum absolute atomic E-state index is 12.9. The van der Waals surface area contributed by atoms with Crippen LogP contribution in [0.5, 0.6) is 11.5 Å². The van der Waals surface area contributed by atoms with Crippen molar-refractivity contribution < 1.29 is 13.9 Å². The van der Waals surface area contributed by atoms with Crippen molar-refractivity contribution in [2.24, 2.45) is 0 Å². The molecule has 0 bridgehead atoms. The number of halogens is 1. The lowest BCUT2D eigenvalue weighted by molar-refractivity contribution is 0.287. The van der Waals surface area contributed by atoms with Crippen molar-refractivity contribution in [3.05, 3.63) is 53.8 Å². The van der Waals surface area contributed by atoms with Crippen LogP contribution in [-0.2, 0) is 6.54 Å². The molecule has 0 amide bonds. The van der Waals surface area contributed by atoms with Gasteiger partial charge in [0, 0.05) is 12.2 Å². The summed E-state index contributed by atoms with van der Waals surface area (Å²) >= 11 is 5.25. The van der Waals surface area contributed by atoms with Crippen molar-refractivity contribution >= 4 is 23.0 Å². The van der Waals surface area contributed by atoms with Gasteiger partial charge in [-0.1, -0.05) is 6.07 Å². The van der Waals surface area contributed by atoms with Gasteiger partial charge in [-0.2, -0.15) is 0 Å². The normalized spacial score (nSPS) is 10.1. The van der Waals surface area contributed by atoms with E-state index in [-0.39, 0.29) is 5.82 Å². The van der Waals surface area contributed by atoms with Crippen LogP contribution < -0.4 is 20.1 Å². The van der Waals surface area contributed by atoms with Crippen LogP contribution in [-0.4, -0.2) is 18.3 Å². The van der Waals surface area contributed by atoms with Gasteiger partial charge in [-0.05, 0) is 68.0 Å². The van der Waals surface area contributed by atoms with Gasteiger partial charge < -0.3 is 20.1 Å². The standard InChI is InChI=1S/C18H21FN2O2S/c1-3-22-16-10-5-13(11-17(16)23-4-2)12-20-18(24)21-15-8-6-14(19)7-9-15/h5-11H,3-4,12H2,1-2H3,(H2,20,21,24). The minimum Gasteiger partial charge on any atom is -0.490 e. The Morgan fingerprint density at radius 2 is 1.67 bits per heavy atom. The Balaban J connectivity index is 1.94. The van der Waals surface area contributed by atoms with E-state index in [1.165, 1.54) is 12.1 Å². The van der Waals surface area contributed by atoms with Crippen molar-refractivity contribution in [3.63, 3.8) is 0 Å². The highest BCUT2D eigenvalue weighted by Gasteiger charge is 2.06. The fourth-order valence-corrected chi connectivity index (χ4v) is 2.29. The predicted octanol–water partition coefficient (Wildman–Crippen LogP) is 4.11. The van der Waals surface area contributed by atoms with Crippen LogP contribution in [0.15, 0.2) is 42.5 Å². The van der Waals surface area contributed by atoms with Gasteiger partial charge in [0.05, 0.1) is 13.2 Å². The summed E-state index contributed by atoms with van der Waals surface area (Å²) in [5.41, 5.74) is 1.75. The van der Waals surface area contributed by atoms with E-state index in [1.807, 2.05) is 32.0 Å². The van der Waals surface area contributed by atoms with Crippen LogP contribution in [0.1, 0.15) is 19.4 Å². The molecule has 0 heterocycles. The second-order valence-electron chi connectivity index (χ2n) is 4.96. The van der Waals surface area contributed by atoms with E-state index in [4.69, 9.17) is 21.7 Å². The van der Waals surface area contributed by atoms with Crippen LogP contribution in [0, 0.1) is 5.82 Å². The molecule has 6 heteroatoms. The molecule has 24 heavy (non-hydrogen) atoms. The van der Waals surface area contributed by atoms with Gasteiger partial charge >= 0.3 is 0 Å². The van der Waals surface area contributed by atoms with Gasteiger partial charge in [0.15, 0.2) is 16.6 Å². The molecule has 2 N–H and O–H groups in total. The summed E-state index contributed by atoms with van der Waals surface area (Å²) < 4.78 is 24.0. The lowest BCUT2D eigenvalue weighted by atomic mass is 10.2. The number of anilines is 1. The Labute approximate surface area is 147 Å². The zero-order valence-corrected chi connectivity index (χ0v) is 14.6. The molecule has 2 rings (SSSR count). The van der Waals surface area contributed by atoms with E-state index in [0.717, 1.165) is 22.7 Å². The maximum Gasteiger partial charge on any atom is 0.171 e. The third-order valence-corrected chi connectivity index (χ3v) is 3.41. The first-order chi connectivity index (χ1) is 11.6. The summed E-state index contributed by atoms with van der Waals surface area (Å²) in [7, 11) is 0. The summed E-state index contributed by atoms with van der Waals surface area (Å²) in [5, 5.41) is 6.59. The molecule has 0 aliphatic rings. The molecule has 0 atom stereocenters. The van der Waals surface area contributed by atoms with Crippen molar-refractivity contribution in [1.29, 1.82) is 0 Å². The molecule has 128 valence electrons. The first-order valence-corrected chi connectivity index (χ1v) is 8.22. The number of benzene rings is 2. The summed E-state index contributed by atoms with van der Waals surface area (Å²) in [5.74, 6) is 1.17. The van der Waals surface area contributed by atoms with Gasteiger partial charge in [-0.25, -0.2) is 4.39 Å². The molecule has 0 aliphatic carbocycles. The number of hydrogen-bond donors (Lipinski definition) is 2. The molecule has 0 saturated carbocycles. The number of thiocarbonyl (C=S) groups is 1. The van der Waals surface area contributed by atoms with Crippen molar-refractivity contribution in [2.75, 3.05) is 18.5 Å². The minimum absolute atomic E-state index is 0.280. The molecule has 0 fully saturated rings. The van der Waals surface area contributed by atoms with E-state index in [1.54, 1.807) is 12.1 Å². The Kier molecular flexibility index (Phi) is 6.81. The van der Waals surface area contributed by atoms with E-state index in [9.17, 15) is 4.39 Å². The third-order valence-electron chi connectivity index (χ3n) is 3.16. The number of hydrogen-bond acceptors (Lipinski definition) is 3. The molecule has 2 aromatic carbocycles. The minimum atomic E-state index is -0.280. The van der Waals surface area contributed by atoms with Crippen molar-refractivity contribution in [1.82, 2.24) is 5.32 Å². The molecule has 0 unspecified atom stereocenters. The van der Waals surface area contributed by atoms with E-state index in [0.29, 0.717) is 24.9 Å². The molecule has 0 aliphatic heterocycles. The fourth-order valence-electron chi connectivity index (χ4n) is 2.10. The fraction of sp³-hybridized carbons (Fsp3) is 0.278. The Bertz CT molecular complexity index is 677. The highest BCUT2D eigenvalue weighted by molar-refractivity contribution is 7.80. The average Bonchev–Trinajstić information content (AvgIpc) is 2.57. The second-order valence-corrected chi connectivity index (χ2v) is 5.37. The lowest BCUT2D eigenvalue weighted by Crippen LogP contribution is -2.27. The summed E-state index contributed by atoms with van der Waals surface area (Å²) in [6.07, 6.45) is 0. The summed E-state index contributed by atoms with van der Waals surface area (Å²) in [6.45, 7) is 5.57. The SMILES string of the molecule is CCOc1ccc(CNC(=S)Nc2ccc(F)cc2)cc1OCC. The molecule has 0 saturated heterocycles. The average molecular weight is 348 g/mol. The van der Waals surface area contributed by atoms with Gasteiger partial charge in [0.2, 0.25) is 0 Å². The Hall–Kier alpha value is -2.34. The summed E-state index contributed by atoms with van der Waals surface area (Å²) in [4.78, 5) is 0. The Morgan fingerprint density at radius 1 is 1.00 bits per heavy atom. The quantitative estimate of drug-likeness (QED) is 0.737. The zero-order chi connectivity index (χ0) is 17.4. The monoisotopic (exact) mass is 348 g/mol. The molecule has 0 spiro atoms. The van der Waals surface area contributed by atoms with E-state index < -0.39 is 0 Å². The summed E-state index contributed by atoms with van der Waals surface area (Å²) in [6, 6.07) is 11.8. The zero-order valence-electron chi connectivity index (χ0n) is 13.8. The van der Waals surface area contributed by atoms with Gasteiger partial charge in [-0.3, -0.25) is 0 Å². The first-order valence-electron chi connectivity index (χ1n) is 7.81. The number of rotatable bonds is 7. The third kappa shape index (κ3) is 5.38. The molecule has 2 aromatic rings. The smallest absolute Gasteiger partial charge is 0.171 e. The largest absolute Gasteiger partial charge is 0.490 e. The highest BCUT2D eigenvalue weighted by atomic mass is 32.1. The molecule has 0 radical (unpaired) electrons. The molecular formula is C18H21FN2O2S. The first kappa shape index (κ1) is 18.0. The van der Waals surface area contributed by atoms with Crippen LogP contribution in [0.4, 0.5) is 10.1 Å². The van der Waals surface area contributed by atoms with Crippen LogP contribution in [0.25, 0.3) is 0 Å². The van der Waals surface area contributed by atoms with Crippen molar-refractivity contribution in [3.8, 4) is 11.5 Å². The van der Waals surface area contributed by atoms with Gasteiger partial charge in [-0.15, -0.1) is 0 Å². The maximum atomic E-state index is 12.9. The van der Waals surface area contributed by atoms with E-state index in [2.05, 4.69) is 10.6 Å². The van der Waals surface area contributed by atoms with Crippen LogP contribution in [0.3, 0.4) is 0 Å². The van der Waals surface area contributed by atoms with Gasteiger partial charge in [0.1, 0.15) is 5.82 Å². The van der Waals surface area contributed by atoms with Gasteiger partial charge in [0.25, 0.3) is 0 Å². The molecular weight excluding hydrogens is 327 g/mol. The lowest BCUT2D eigenvalue weighted by Gasteiger charge is -2.14. The topological polar surface area (TPSA) is 42.5 Å². The van der Waals surface area contributed by atoms with Crippen LogP contribution in [0.2, 0.25) is 0 Å². The van der Waals surface area contributed by atoms with E-state index >= 15 is 0 Å². The molecule has 4 nitrogen and oxygen atoms in total. The Morgan fingerprint density at radius 3 is 2.33 bits per heavy atom. The highest BCUT2D eigenvalue weighted by Crippen LogP contribution is 2.28. The van der Waals surface area contributed by atoms with Crippen LogP contribution >= 0.6 is 12.2 Å². The predicted molar refractivity (Wildman–Crippen MR) is 98.2 cm³/mol. The van der Waals surface area contributed by atoms with Crippen molar-refractivity contribution in [2.45, 2.75) is 20.4 Å². The number of nitrogens with one attached hydrogen (secondary N) is 2. The number of ether oxygens (including phenoxy) is 2. The molecule has 0 aromatic heterocycles. The second kappa shape index (κ2) is 9.08.